The molecule has 0 radical (unpaired) electrons. The minimum absolute atomic E-state index is 0.0864. The number of hydrogen-bond donors (Lipinski definition) is 2. The predicted molar refractivity (Wildman–Crippen MR) is 90.5 cm³/mol. The van der Waals surface area contributed by atoms with Gasteiger partial charge in [-0.15, -0.1) is 0 Å². The maximum absolute atomic E-state index is 12.7. The van der Waals surface area contributed by atoms with E-state index in [1.54, 1.807) is 7.11 Å². The molecule has 5 heteroatoms. The molecular weight excluding hydrogens is 292 g/mol. The third kappa shape index (κ3) is 4.94. The number of hydrogen-bond acceptors (Lipinski definition) is 4. The summed E-state index contributed by atoms with van der Waals surface area (Å²) < 4.78 is 10.9. The summed E-state index contributed by atoms with van der Waals surface area (Å²) >= 11 is 0. The first-order valence-corrected chi connectivity index (χ1v) is 8.29. The Kier molecular flexibility index (Phi) is 6.42. The van der Waals surface area contributed by atoms with Gasteiger partial charge in [0.15, 0.2) is 0 Å². The average molecular weight is 320 g/mol. The fraction of sp³-hybridized carbons (Fsp3) is 0.611. The van der Waals surface area contributed by atoms with Crippen molar-refractivity contribution in [3.8, 4) is 5.75 Å². The maximum atomic E-state index is 12.7. The smallest absolute Gasteiger partial charge is 0.228 e. The Morgan fingerprint density at radius 1 is 1.26 bits per heavy atom. The zero-order valence-electron chi connectivity index (χ0n) is 14.4. The summed E-state index contributed by atoms with van der Waals surface area (Å²) in [4.78, 5) is 12.7. The summed E-state index contributed by atoms with van der Waals surface area (Å²) in [6.45, 7) is 6.72. The molecule has 2 rings (SSSR count). The van der Waals surface area contributed by atoms with Crippen LogP contribution in [0.15, 0.2) is 24.3 Å². The Morgan fingerprint density at radius 3 is 2.48 bits per heavy atom. The number of benzene rings is 1. The molecule has 1 aromatic carbocycles. The number of ether oxygens (including phenoxy) is 2. The maximum Gasteiger partial charge on any atom is 0.228 e. The lowest BCUT2D eigenvalue weighted by Gasteiger charge is -2.35. The van der Waals surface area contributed by atoms with Gasteiger partial charge in [-0.25, -0.2) is 0 Å². The van der Waals surface area contributed by atoms with Gasteiger partial charge >= 0.3 is 0 Å². The van der Waals surface area contributed by atoms with Crippen LogP contribution in [0.5, 0.6) is 5.75 Å². The molecule has 0 saturated carbocycles. The van der Waals surface area contributed by atoms with Gasteiger partial charge in [0, 0.05) is 13.7 Å². The number of nitrogens with one attached hydrogen (secondary N) is 2. The Morgan fingerprint density at radius 2 is 1.91 bits per heavy atom. The van der Waals surface area contributed by atoms with E-state index in [0.29, 0.717) is 13.2 Å². The third-order valence-electron chi connectivity index (χ3n) is 4.21. The lowest BCUT2D eigenvalue weighted by Crippen LogP contribution is -2.49. The molecule has 0 aromatic heterocycles. The largest absolute Gasteiger partial charge is 0.491 e. The lowest BCUT2D eigenvalue weighted by molar-refractivity contribution is -0.136. The Labute approximate surface area is 138 Å². The van der Waals surface area contributed by atoms with Crippen LogP contribution >= 0.6 is 0 Å². The van der Waals surface area contributed by atoms with Gasteiger partial charge in [0.1, 0.15) is 5.75 Å². The highest BCUT2D eigenvalue weighted by Gasteiger charge is 2.39. The van der Waals surface area contributed by atoms with Crippen LogP contribution in [0.4, 0.5) is 0 Å². The molecule has 0 atom stereocenters. The Balaban J connectivity index is 1.92. The van der Waals surface area contributed by atoms with E-state index < -0.39 is 5.41 Å². The van der Waals surface area contributed by atoms with Crippen molar-refractivity contribution in [1.82, 2.24) is 10.6 Å². The van der Waals surface area contributed by atoms with E-state index in [1.165, 1.54) is 0 Å². The highest BCUT2D eigenvalue weighted by molar-refractivity contribution is 5.83. The molecule has 0 bridgehead atoms. The zero-order chi connectivity index (χ0) is 16.7. The van der Waals surface area contributed by atoms with Crippen molar-refractivity contribution in [2.75, 3.05) is 26.8 Å². The fourth-order valence-corrected chi connectivity index (χ4v) is 2.95. The Hall–Kier alpha value is -1.59. The highest BCUT2D eigenvalue weighted by Crippen LogP contribution is 2.29. The van der Waals surface area contributed by atoms with Crippen LogP contribution in [0, 0.1) is 5.41 Å². The van der Waals surface area contributed by atoms with Gasteiger partial charge in [-0.3, -0.25) is 4.79 Å². The van der Waals surface area contributed by atoms with Crippen LogP contribution in [0.3, 0.4) is 0 Å². The van der Waals surface area contributed by atoms with E-state index in [2.05, 4.69) is 10.6 Å². The van der Waals surface area contributed by atoms with Crippen molar-refractivity contribution in [2.24, 2.45) is 5.41 Å². The van der Waals surface area contributed by atoms with Crippen molar-refractivity contribution < 1.29 is 14.3 Å². The van der Waals surface area contributed by atoms with Crippen molar-refractivity contribution in [3.63, 3.8) is 0 Å². The van der Waals surface area contributed by atoms with Crippen molar-refractivity contribution in [1.29, 1.82) is 0 Å². The van der Waals surface area contributed by atoms with E-state index >= 15 is 0 Å². The summed E-state index contributed by atoms with van der Waals surface area (Å²) in [5.74, 6) is 0.938. The second kappa shape index (κ2) is 8.31. The van der Waals surface area contributed by atoms with Crippen LogP contribution in [-0.2, 0) is 16.1 Å². The molecular formula is C18H28N2O3. The average Bonchev–Trinajstić information content (AvgIpc) is 2.54. The number of carbonyl (C=O) groups excluding carboxylic acids is 1. The normalized spacial score (nSPS) is 17.0. The predicted octanol–water partition coefficient (Wildman–Crippen LogP) is 2.11. The molecule has 2 N–H and O–H groups in total. The summed E-state index contributed by atoms with van der Waals surface area (Å²) in [6, 6.07) is 7.86. The van der Waals surface area contributed by atoms with Crippen LogP contribution in [0.25, 0.3) is 0 Å². The van der Waals surface area contributed by atoms with Crippen LogP contribution in [0.2, 0.25) is 0 Å². The second-order valence-corrected chi connectivity index (χ2v) is 6.46. The molecule has 1 heterocycles. The van der Waals surface area contributed by atoms with Crippen molar-refractivity contribution in [3.05, 3.63) is 29.8 Å². The fourth-order valence-electron chi connectivity index (χ4n) is 2.95. The third-order valence-corrected chi connectivity index (χ3v) is 4.21. The molecule has 128 valence electrons. The quantitative estimate of drug-likeness (QED) is 0.808. The first-order valence-electron chi connectivity index (χ1n) is 8.29. The number of rotatable bonds is 7. The lowest BCUT2D eigenvalue weighted by atomic mass is 9.78. The van der Waals surface area contributed by atoms with Gasteiger partial charge in [-0.05, 0) is 57.5 Å². The first-order chi connectivity index (χ1) is 11.1. The highest BCUT2D eigenvalue weighted by atomic mass is 16.5. The molecule has 1 saturated heterocycles. The second-order valence-electron chi connectivity index (χ2n) is 6.46. The zero-order valence-corrected chi connectivity index (χ0v) is 14.4. The standard InChI is InChI=1S/C18H28N2O3/c1-14(2)23-16-6-4-15(5-7-16)12-20-17(21)18(13-22-3)8-10-19-11-9-18/h4-7,14,19H,8-13H2,1-3H3,(H,20,21). The number of carbonyl (C=O) groups is 1. The van der Waals surface area contributed by atoms with Crippen LogP contribution in [0.1, 0.15) is 32.3 Å². The first kappa shape index (κ1) is 17.8. The molecule has 0 unspecified atom stereocenters. The summed E-state index contributed by atoms with van der Waals surface area (Å²) in [5.41, 5.74) is 0.664. The van der Waals surface area contributed by atoms with E-state index in [9.17, 15) is 4.79 Å². The van der Waals surface area contributed by atoms with Crippen LogP contribution in [-0.4, -0.2) is 38.8 Å². The topological polar surface area (TPSA) is 59.6 Å². The molecule has 23 heavy (non-hydrogen) atoms. The van der Waals surface area contributed by atoms with Gasteiger partial charge in [0.2, 0.25) is 5.91 Å². The summed E-state index contributed by atoms with van der Waals surface area (Å²) in [7, 11) is 1.66. The minimum atomic E-state index is -0.402. The van der Waals surface area contributed by atoms with E-state index in [4.69, 9.17) is 9.47 Å². The van der Waals surface area contributed by atoms with E-state index in [-0.39, 0.29) is 12.0 Å². The van der Waals surface area contributed by atoms with Gasteiger partial charge in [0.25, 0.3) is 0 Å². The van der Waals surface area contributed by atoms with Gasteiger partial charge in [0.05, 0.1) is 18.1 Å². The van der Waals surface area contributed by atoms with Gasteiger partial charge in [-0.2, -0.15) is 0 Å². The molecule has 1 aromatic rings. The van der Waals surface area contributed by atoms with Crippen molar-refractivity contribution >= 4 is 5.91 Å². The summed E-state index contributed by atoms with van der Waals surface area (Å²) in [5, 5.41) is 6.37. The minimum Gasteiger partial charge on any atom is -0.491 e. The number of methoxy groups -OCH3 is 1. The molecule has 0 spiro atoms. The SMILES string of the molecule is COCC1(C(=O)NCc2ccc(OC(C)C)cc2)CCNCC1. The molecule has 1 aliphatic rings. The molecule has 1 aliphatic heterocycles. The number of amides is 1. The van der Waals surface area contributed by atoms with E-state index in [1.807, 2.05) is 38.1 Å². The summed E-state index contributed by atoms with van der Waals surface area (Å²) in [6.07, 6.45) is 1.79. The Bertz CT molecular complexity index is 488. The van der Waals surface area contributed by atoms with E-state index in [0.717, 1.165) is 37.2 Å². The van der Waals surface area contributed by atoms with Gasteiger partial charge < -0.3 is 20.1 Å². The molecule has 1 amide bonds. The molecule has 1 fully saturated rings. The van der Waals surface area contributed by atoms with Gasteiger partial charge in [-0.1, -0.05) is 12.1 Å². The molecule has 0 aliphatic carbocycles. The molecule has 5 nitrogen and oxygen atoms in total. The number of piperidine rings is 1. The monoisotopic (exact) mass is 320 g/mol. The van der Waals surface area contributed by atoms with Crippen LogP contribution < -0.4 is 15.4 Å². The van der Waals surface area contributed by atoms with Crippen molar-refractivity contribution in [2.45, 2.75) is 39.3 Å².